The minimum atomic E-state index is -0.801. The molecule has 1 heterocycles. The monoisotopic (exact) mass is 323 g/mol. The minimum absolute atomic E-state index is 0.00470. The largest absolute Gasteiger partial charge is 0.494 e. The predicted molar refractivity (Wildman–Crippen MR) is 89.2 cm³/mol. The Labute approximate surface area is 137 Å². The Morgan fingerprint density at radius 2 is 2.00 bits per heavy atom. The molecule has 1 aliphatic rings. The van der Waals surface area contributed by atoms with Crippen molar-refractivity contribution in [3.8, 4) is 5.75 Å². The fourth-order valence-corrected chi connectivity index (χ4v) is 3.05. The van der Waals surface area contributed by atoms with Crippen LogP contribution in [0.2, 0.25) is 0 Å². The predicted octanol–water partition coefficient (Wildman–Crippen LogP) is 2.00. The highest BCUT2D eigenvalue weighted by atomic mass is 19.1. The number of nitrogens with zero attached hydrogens (tertiary/aromatic N) is 2. The van der Waals surface area contributed by atoms with Crippen molar-refractivity contribution in [3.63, 3.8) is 0 Å². The van der Waals surface area contributed by atoms with E-state index in [0.29, 0.717) is 38.3 Å². The Morgan fingerprint density at radius 1 is 1.35 bits per heavy atom. The van der Waals surface area contributed by atoms with Gasteiger partial charge in [0.25, 0.3) is 0 Å². The standard InChI is InChI=1S/C17H26FN3O2/c1-4-7-17(2,19)16(22)21-10-8-20(9-11-21)14-6-5-13(18)12-15(14)23-3/h5-6,12H,4,7-11,19H2,1-3H3. The first kappa shape index (κ1) is 17.5. The average Bonchev–Trinajstić information content (AvgIpc) is 2.54. The Bertz CT molecular complexity index is 555. The third-order valence-corrected chi connectivity index (χ3v) is 4.31. The topological polar surface area (TPSA) is 58.8 Å². The van der Waals surface area contributed by atoms with Crippen LogP contribution in [-0.2, 0) is 4.79 Å². The van der Waals surface area contributed by atoms with Crippen molar-refractivity contribution < 1.29 is 13.9 Å². The van der Waals surface area contributed by atoms with Gasteiger partial charge in [0, 0.05) is 32.2 Å². The van der Waals surface area contributed by atoms with Gasteiger partial charge in [0.15, 0.2) is 0 Å². The van der Waals surface area contributed by atoms with Crippen LogP contribution in [0, 0.1) is 5.82 Å². The number of nitrogens with two attached hydrogens (primary N) is 1. The van der Waals surface area contributed by atoms with Crippen molar-refractivity contribution in [3.05, 3.63) is 24.0 Å². The molecule has 128 valence electrons. The number of carbonyl (C=O) groups excluding carboxylic acids is 1. The first-order valence-corrected chi connectivity index (χ1v) is 8.05. The number of carbonyl (C=O) groups is 1. The molecule has 1 aromatic carbocycles. The number of rotatable bonds is 5. The third-order valence-electron chi connectivity index (χ3n) is 4.31. The van der Waals surface area contributed by atoms with Crippen LogP contribution in [0.1, 0.15) is 26.7 Å². The molecule has 2 N–H and O–H groups in total. The molecule has 1 amide bonds. The van der Waals surface area contributed by atoms with E-state index in [1.54, 1.807) is 13.0 Å². The molecule has 2 rings (SSSR count). The van der Waals surface area contributed by atoms with Crippen LogP contribution in [0.3, 0.4) is 0 Å². The Balaban J connectivity index is 2.03. The van der Waals surface area contributed by atoms with E-state index < -0.39 is 5.54 Å². The number of methoxy groups -OCH3 is 1. The molecule has 0 radical (unpaired) electrons. The van der Waals surface area contributed by atoms with Gasteiger partial charge in [0.05, 0.1) is 18.3 Å². The van der Waals surface area contributed by atoms with Gasteiger partial charge in [-0.05, 0) is 25.5 Å². The van der Waals surface area contributed by atoms with Gasteiger partial charge < -0.3 is 20.3 Å². The summed E-state index contributed by atoms with van der Waals surface area (Å²) in [6.45, 7) is 6.39. The summed E-state index contributed by atoms with van der Waals surface area (Å²) in [5, 5.41) is 0. The first-order chi connectivity index (χ1) is 10.9. The molecule has 0 aromatic heterocycles. The van der Waals surface area contributed by atoms with Gasteiger partial charge in [0.2, 0.25) is 5.91 Å². The molecule has 6 heteroatoms. The molecule has 0 spiro atoms. The van der Waals surface area contributed by atoms with E-state index >= 15 is 0 Å². The Kier molecular flexibility index (Phi) is 5.46. The van der Waals surface area contributed by atoms with Crippen molar-refractivity contribution in [2.75, 3.05) is 38.2 Å². The maximum absolute atomic E-state index is 13.3. The fraction of sp³-hybridized carbons (Fsp3) is 0.588. The van der Waals surface area contributed by atoms with Crippen LogP contribution in [-0.4, -0.2) is 49.6 Å². The molecule has 1 saturated heterocycles. The SMILES string of the molecule is CCCC(C)(N)C(=O)N1CCN(c2ccc(F)cc2OC)CC1. The summed E-state index contributed by atoms with van der Waals surface area (Å²) in [6.07, 6.45) is 1.56. The van der Waals surface area contributed by atoms with Crippen LogP contribution < -0.4 is 15.4 Å². The zero-order valence-electron chi connectivity index (χ0n) is 14.1. The average molecular weight is 323 g/mol. The summed E-state index contributed by atoms with van der Waals surface area (Å²) in [7, 11) is 1.53. The van der Waals surface area contributed by atoms with Gasteiger partial charge in [-0.25, -0.2) is 4.39 Å². The smallest absolute Gasteiger partial charge is 0.242 e. The molecular formula is C17H26FN3O2. The fourth-order valence-electron chi connectivity index (χ4n) is 3.05. The highest BCUT2D eigenvalue weighted by Gasteiger charge is 2.33. The molecular weight excluding hydrogens is 297 g/mol. The van der Waals surface area contributed by atoms with E-state index in [4.69, 9.17) is 10.5 Å². The number of benzene rings is 1. The Morgan fingerprint density at radius 3 is 2.57 bits per heavy atom. The number of piperazine rings is 1. The molecule has 5 nitrogen and oxygen atoms in total. The zero-order valence-corrected chi connectivity index (χ0v) is 14.1. The second-order valence-corrected chi connectivity index (χ2v) is 6.26. The van der Waals surface area contributed by atoms with Gasteiger partial charge in [0.1, 0.15) is 11.6 Å². The Hall–Kier alpha value is -1.82. The van der Waals surface area contributed by atoms with Crippen LogP contribution in [0.5, 0.6) is 5.75 Å². The van der Waals surface area contributed by atoms with Crippen molar-refractivity contribution in [2.45, 2.75) is 32.2 Å². The molecule has 0 saturated carbocycles. The van der Waals surface area contributed by atoms with Gasteiger partial charge >= 0.3 is 0 Å². The van der Waals surface area contributed by atoms with Crippen molar-refractivity contribution >= 4 is 11.6 Å². The number of amides is 1. The number of anilines is 1. The lowest BCUT2D eigenvalue weighted by molar-refractivity contribution is -0.137. The van der Waals surface area contributed by atoms with E-state index in [9.17, 15) is 9.18 Å². The zero-order chi connectivity index (χ0) is 17.0. The van der Waals surface area contributed by atoms with E-state index in [0.717, 1.165) is 12.1 Å². The summed E-state index contributed by atoms with van der Waals surface area (Å²) in [5.41, 5.74) is 6.19. The summed E-state index contributed by atoms with van der Waals surface area (Å²) in [5.74, 6) is 0.197. The molecule has 0 aliphatic carbocycles. The van der Waals surface area contributed by atoms with Gasteiger partial charge in [-0.2, -0.15) is 0 Å². The van der Waals surface area contributed by atoms with Gasteiger partial charge in [-0.3, -0.25) is 4.79 Å². The quantitative estimate of drug-likeness (QED) is 0.900. The van der Waals surface area contributed by atoms with E-state index in [1.165, 1.54) is 19.2 Å². The van der Waals surface area contributed by atoms with Crippen LogP contribution >= 0.6 is 0 Å². The summed E-state index contributed by atoms with van der Waals surface area (Å²) in [6, 6.07) is 4.52. The maximum Gasteiger partial charge on any atom is 0.242 e. The van der Waals surface area contributed by atoms with E-state index in [-0.39, 0.29) is 11.7 Å². The number of hydrogen-bond acceptors (Lipinski definition) is 4. The molecule has 1 fully saturated rings. The second-order valence-electron chi connectivity index (χ2n) is 6.26. The number of hydrogen-bond donors (Lipinski definition) is 1. The summed E-state index contributed by atoms with van der Waals surface area (Å²) >= 11 is 0. The van der Waals surface area contributed by atoms with E-state index in [2.05, 4.69) is 4.90 Å². The van der Waals surface area contributed by atoms with Crippen molar-refractivity contribution in [1.82, 2.24) is 4.90 Å². The number of ether oxygens (including phenoxy) is 1. The number of halogens is 1. The van der Waals surface area contributed by atoms with Crippen molar-refractivity contribution in [1.29, 1.82) is 0 Å². The second kappa shape index (κ2) is 7.17. The normalized spacial score (nSPS) is 17.8. The lowest BCUT2D eigenvalue weighted by Gasteiger charge is -2.39. The summed E-state index contributed by atoms with van der Waals surface area (Å²) < 4.78 is 18.6. The highest BCUT2D eigenvalue weighted by molar-refractivity contribution is 5.86. The first-order valence-electron chi connectivity index (χ1n) is 8.05. The van der Waals surface area contributed by atoms with E-state index in [1.807, 2.05) is 11.8 Å². The third kappa shape index (κ3) is 3.93. The maximum atomic E-state index is 13.3. The molecule has 1 aromatic rings. The minimum Gasteiger partial charge on any atom is -0.494 e. The lowest BCUT2D eigenvalue weighted by Crippen LogP contribution is -2.58. The molecule has 0 bridgehead atoms. The van der Waals surface area contributed by atoms with Gasteiger partial charge in [-0.15, -0.1) is 0 Å². The van der Waals surface area contributed by atoms with Crippen LogP contribution in [0.15, 0.2) is 18.2 Å². The van der Waals surface area contributed by atoms with Crippen molar-refractivity contribution in [2.24, 2.45) is 5.73 Å². The van der Waals surface area contributed by atoms with Gasteiger partial charge in [-0.1, -0.05) is 13.3 Å². The highest BCUT2D eigenvalue weighted by Crippen LogP contribution is 2.30. The summed E-state index contributed by atoms with van der Waals surface area (Å²) in [4.78, 5) is 16.5. The van der Waals surface area contributed by atoms with Crippen LogP contribution in [0.4, 0.5) is 10.1 Å². The van der Waals surface area contributed by atoms with Crippen LogP contribution in [0.25, 0.3) is 0 Å². The molecule has 23 heavy (non-hydrogen) atoms. The molecule has 1 unspecified atom stereocenters. The lowest BCUT2D eigenvalue weighted by atomic mass is 9.95. The molecule has 1 atom stereocenters. The molecule has 1 aliphatic heterocycles.